The molecule has 0 saturated carbocycles. The zero-order valence-corrected chi connectivity index (χ0v) is 15.0. The molecule has 1 heterocycles. The van der Waals surface area contributed by atoms with Gasteiger partial charge in [0.2, 0.25) is 0 Å². The molecule has 0 saturated heterocycles. The van der Waals surface area contributed by atoms with Crippen molar-refractivity contribution < 1.29 is 23.5 Å². The van der Waals surface area contributed by atoms with Gasteiger partial charge in [0.25, 0.3) is 0 Å². The van der Waals surface area contributed by atoms with Gasteiger partial charge in [-0.25, -0.2) is 9.59 Å². The summed E-state index contributed by atoms with van der Waals surface area (Å²) in [5, 5.41) is 3.19. The molecular weight excluding hydrogens is 350 g/mol. The number of ether oxygens (including phenoxy) is 2. The fourth-order valence-electron chi connectivity index (χ4n) is 2.99. The molecule has 0 spiro atoms. The third-order valence-corrected chi connectivity index (χ3v) is 4.32. The average molecular weight is 371 g/mol. The Hall–Kier alpha value is -3.09. The first-order valence-corrected chi connectivity index (χ1v) is 8.89. The van der Waals surface area contributed by atoms with E-state index in [1.807, 2.05) is 6.08 Å². The number of benzene rings is 1. The van der Waals surface area contributed by atoms with Gasteiger partial charge in [0.05, 0.1) is 12.5 Å². The molecule has 3 rings (SSSR count). The average Bonchev–Trinajstić information content (AvgIpc) is 2.66. The van der Waals surface area contributed by atoms with Crippen LogP contribution in [0.3, 0.4) is 0 Å². The van der Waals surface area contributed by atoms with Crippen molar-refractivity contribution in [3.05, 3.63) is 52.4 Å². The number of amides is 1. The van der Waals surface area contributed by atoms with Crippen molar-refractivity contribution in [2.75, 3.05) is 11.9 Å². The third-order valence-electron chi connectivity index (χ3n) is 4.32. The Morgan fingerprint density at radius 3 is 2.81 bits per heavy atom. The highest BCUT2D eigenvalue weighted by atomic mass is 16.5. The SMILES string of the molecule is CCOC(=O)Nc1ccc2c(COC(=O)[C@@H]3CC=CCC3)cc(=O)oc2c1. The van der Waals surface area contributed by atoms with Gasteiger partial charge in [-0.2, -0.15) is 0 Å². The van der Waals surface area contributed by atoms with E-state index in [0.29, 0.717) is 28.6 Å². The van der Waals surface area contributed by atoms with E-state index in [0.717, 1.165) is 12.8 Å². The van der Waals surface area contributed by atoms with Gasteiger partial charge in [-0.1, -0.05) is 12.2 Å². The lowest BCUT2D eigenvalue weighted by Gasteiger charge is -2.16. The summed E-state index contributed by atoms with van der Waals surface area (Å²) in [4.78, 5) is 35.6. The number of carbonyl (C=O) groups is 2. The number of hydrogen-bond acceptors (Lipinski definition) is 6. The van der Waals surface area contributed by atoms with E-state index >= 15 is 0 Å². The second-order valence-corrected chi connectivity index (χ2v) is 6.24. The Morgan fingerprint density at radius 1 is 1.22 bits per heavy atom. The Morgan fingerprint density at radius 2 is 2.07 bits per heavy atom. The molecule has 0 fully saturated rings. The highest BCUT2D eigenvalue weighted by molar-refractivity contribution is 5.90. The van der Waals surface area contributed by atoms with Crippen molar-refractivity contribution in [2.24, 2.45) is 5.92 Å². The van der Waals surface area contributed by atoms with Gasteiger partial charge in [-0.3, -0.25) is 10.1 Å². The van der Waals surface area contributed by atoms with Crippen LogP contribution in [-0.2, 0) is 20.9 Å². The normalized spacial score (nSPS) is 16.1. The molecule has 7 heteroatoms. The van der Waals surface area contributed by atoms with Gasteiger partial charge in [-0.05, 0) is 38.3 Å². The Balaban J connectivity index is 1.77. The smallest absolute Gasteiger partial charge is 0.411 e. The molecular formula is C20H21NO6. The molecule has 0 unspecified atom stereocenters. The minimum atomic E-state index is -0.592. The number of hydrogen-bond donors (Lipinski definition) is 1. The van der Waals surface area contributed by atoms with Gasteiger partial charge in [0.15, 0.2) is 0 Å². The summed E-state index contributed by atoms with van der Waals surface area (Å²) in [6.07, 6.45) is 5.77. The molecule has 0 bridgehead atoms. The third kappa shape index (κ3) is 4.75. The molecule has 1 aromatic heterocycles. The highest BCUT2D eigenvalue weighted by Gasteiger charge is 2.20. The largest absolute Gasteiger partial charge is 0.461 e. The number of anilines is 1. The zero-order chi connectivity index (χ0) is 19.2. The van der Waals surface area contributed by atoms with Gasteiger partial charge < -0.3 is 13.9 Å². The van der Waals surface area contributed by atoms with Crippen molar-refractivity contribution in [3.8, 4) is 0 Å². The molecule has 1 aliphatic carbocycles. The molecule has 0 radical (unpaired) electrons. The number of allylic oxidation sites excluding steroid dienone is 2. The molecule has 1 N–H and O–H groups in total. The first-order valence-electron chi connectivity index (χ1n) is 8.89. The number of esters is 1. The second kappa shape index (κ2) is 8.53. The summed E-state index contributed by atoms with van der Waals surface area (Å²) in [5.74, 6) is -0.400. The minimum absolute atomic E-state index is 0.00814. The van der Waals surface area contributed by atoms with Crippen molar-refractivity contribution in [2.45, 2.75) is 32.8 Å². The van der Waals surface area contributed by atoms with Crippen LogP contribution in [0, 0.1) is 5.92 Å². The van der Waals surface area contributed by atoms with Crippen LogP contribution in [-0.4, -0.2) is 18.7 Å². The first-order chi connectivity index (χ1) is 13.1. The standard InChI is InChI=1S/C20H21NO6/c1-2-25-20(24)21-15-8-9-16-14(10-18(22)27-17(16)11-15)12-26-19(23)13-6-4-3-5-7-13/h3-4,8-11,13H,2,5-7,12H2,1H3,(H,21,24)/t13-/m1/s1. The molecule has 1 aromatic carbocycles. The Kier molecular flexibility index (Phi) is 5.90. The lowest BCUT2D eigenvalue weighted by Crippen LogP contribution is -2.19. The zero-order valence-electron chi connectivity index (χ0n) is 15.0. The number of fused-ring (bicyclic) bond motifs is 1. The summed E-state index contributed by atoms with van der Waals surface area (Å²) in [6.45, 7) is 1.95. The molecule has 7 nitrogen and oxygen atoms in total. The van der Waals surface area contributed by atoms with Crippen LogP contribution in [0.5, 0.6) is 0 Å². The summed E-state index contributed by atoms with van der Waals surface area (Å²) in [7, 11) is 0. The van der Waals surface area contributed by atoms with Crippen LogP contribution in [0.15, 0.2) is 45.6 Å². The van der Waals surface area contributed by atoms with Crippen molar-refractivity contribution in [1.82, 2.24) is 0 Å². The predicted molar refractivity (Wildman–Crippen MR) is 99.4 cm³/mol. The number of carbonyl (C=O) groups excluding carboxylic acids is 2. The molecule has 1 amide bonds. The second-order valence-electron chi connectivity index (χ2n) is 6.24. The van der Waals surface area contributed by atoms with Crippen LogP contribution >= 0.6 is 0 Å². The van der Waals surface area contributed by atoms with E-state index in [2.05, 4.69) is 11.4 Å². The fourth-order valence-corrected chi connectivity index (χ4v) is 2.99. The Bertz CT molecular complexity index is 930. The summed E-state index contributed by atoms with van der Waals surface area (Å²) in [5.41, 5.74) is 0.738. The lowest BCUT2D eigenvalue weighted by atomic mass is 9.95. The minimum Gasteiger partial charge on any atom is -0.461 e. The van der Waals surface area contributed by atoms with Crippen molar-refractivity contribution in [1.29, 1.82) is 0 Å². The summed E-state index contributed by atoms with van der Waals surface area (Å²) >= 11 is 0. The Labute approximate surface area is 155 Å². The van der Waals surface area contributed by atoms with Crippen molar-refractivity contribution in [3.63, 3.8) is 0 Å². The van der Waals surface area contributed by atoms with E-state index in [1.54, 1.807) is 19.1 Å². The number of rotatable bonds is 5. The quantitative estimate of drug-likeness (QED) is 0.488. The summed E-state index contributed by atoms with van der Waals surface area (Å²) < 4.78 is 15.4. The monoisotopic (exact) mass is 371 g/mol. The number of nitrogens with one attached hydrogen (secondary N) is 1. The van der Waals surface area contributed by atoms with Crippen molar-refractivity contribution >= 4 is 28.7 Å². The van der Waals surface area contributed by atoms with E-state index < -0.39 is 11.7 Å². The van der Waals surface area contributed by atoms with Gasteiger partial charge in [0, 0.05) is 28.8 Å². The van der Waals surface area contributed by atoms with E-state index in [4.69, 9.17) is 13.9 Å². The molecule has 1 aliphatic rings. The van der Waals surface area contributed by atoms with Crippen LogP contribution in [0.2, 0.25) is 0 Å². The van der Waals surface area contributed by atoms with Crippen LogP contribution in [0.25, 0.3) is 11.0 Å². The maximum Gasteiger partial charge on any atom is 0.411 e. The topological polar surface area (TPSA) is 94.8 Å². The highest BCUT2D eigenvalue weighted by Crippen LogP contribution is 2.24. The fraction of sp³-hybridized carbons (Fsp3) is 0.350. The maximum atomic E-state index is 12.2. The molecule has 1 atom stereocenters. The van der Waals surface area contributed by atoms with Gasteiger partial charge >= 0.3 is 17.7 Å². The summed E-state index contributed by atoms with van der Waals surface area (Å²) in [6, 6.07) is 6.21. The van der Waals surface area contributed by atoms with E-state index in [9.17, 15) is 14.4 Å². The first kappa shape index (κ1) is 18.7. The predicted octanol–water partition coefficient (Wildman–Crippen LogP) is 3.76. The van der Waals surface area contributed by atoms with E-state index in [-0.39, 0.29) is 25.1 Å². The molecule has 142 valence electrons. The molecule has 0 aliphatic heterocycles. The lowest BCUT2D eigenvalue weighted by molar-refractivity contribution is -0.150. The van der Waals surface area contributed by atoms with Crippen LogP contribution < -0.4 is 10.9 Å². The van der Waals surface area contributed by atoms with Gasteiger partial charge in [0.1, 0.15) is 12.2 Å². The van der Waals surface area contributed by atoms with Crippen LogP contribution in [0.1, 0.15) is 31.7 Å². The van der Waals surface area contributed by atoms with Crippen LogP contribution in [0.4, 0.5) is 10.5 Å². The van der Waals surface area contributed by atoms with Gasteiger partial charge in [-0.15, -0.1) is 0 Å². The maximum absolute atomic E-state index is 12.2. The molecule has 27 heavy (non-hydrogen) atoms. The van der Waals surface area contributed by atoms with E-state index in [1.165, 1.54) is 12.1 Å². The molecule has 2 aromatic rings.